The molecule has 3 heteroatoms. The smallest absolute Gasteiger partial charge is 0.312 e. The number of rotatable bonds is 5. The first kappa shape index (κ1) is 19.7. The highest BCUT2D eigenvalue weighted by molar-refractivity contribution is 5.76. The van der Waals surface area contributed by atoms with Crippen LogP contribution in [0, 0.1) is 44.8 Å². The summed E-state index contributed by atoms with van der Waals surface area (Å²) >= 11 is 0. The van der Waals surface area contributed by atoms with Gasteiger partial charge in [-0.25, -0.2) is 0 Å². The summed E-state index contributed by atoms with van der Waals surface area (Å²) in [4.78, 5) is 12.9. The van der Waals surface area contributed by atoms with Crippen LogP contribution >= 0.6 is 0 Å². The molecule has 4 aliphatic carbocycles. The number of esters is 1. The van der Waals surface area contributed by atoms with Gasteiger partial charge in [0.05, 0.1) is 16.9 Å². The Morgan fingerprint density at radius 1 is 1.04 bits per heavy atom. The van der Waals surface area contributed by atoms with Crippen molar-refractivity contribution in [3.8, 4) is 6.07 Å². The van der Waals surface area contributed by atoms with E-state index in [9.17, 15) is 10.1 Å². The molecule has 4 saturated carbocycles. The van der Waals surface area contributed by atoms with Crippen LogP contribution in [0.4, 0.5) is 0 Å². The maximum absolute atomic E-state index is 12.9. The van der Waals surface area contributed by atoms with Gasteiger partial charge in [-0.2, -0.15) is 5.26 Å². The molecule has 0 N–H and O–H groups in total. The molecule has 3 nitrogen and oxygen atoms in total. The van der Waals surface area contributed by atoms with E-state index >= 15 is 0 Å². The normalized spacial score (nSPS) is 36.7. The van der Waals surface area contributed by atoms with Crippen molar-refractivity contribution in [2.24, 2.45) is 33.5 Å². The zero-order valence-electron chi connectivity index (χ0n) is 17.9. The Morgan fingerprint density at radius 3 is 2.00 bits per heavy atom. The maximum atomic E-state index is 12.9. The highest BCUT2D eigenvalue weighted by Crippen LogP contribution is 2.72. The minimum absolute atomic E-state index is 0.0185. The van der Waals surface area contributed by atoms with E-state index < -0.39 is 11.0 Å². The molecule has 2 unspecified atom stereocenters. The van der Waals surface area contributed by atoms with E-state index in [2.05, 4.69) is 33.8 Å². The SMILES string of the molecule is CCC(C)(C)C(=O)OC(C)(C)C12CC3CC(CC(C(C)(C)C#N)(C3)C1)C2. The van der Waals surface area contributed by atoms with Crippen LogP contribution in [0.15, 0.2) is 0 Å². The number of carbonyl (C=O) groups excluding carboxylic acids is 1. The highest BCUT2D eigenvalue weighted by Gasteiger charge is 2.67. The summed E-state index contributed by atoms with van der Waals surface area (Å²) < 4.78 is 6.25. The molecular formula is C23H37NO2. The second kappa shape index (κ2) is 5.73. The molecule has 0 aliphatic heterocycles. The first-order valence-corrected chi connectivity index (χ1v) is 10.5. The van der Waals surface area contributed by atoms with E-state index in [1.807, 2.05) is 20.8 Å². The van der Waals surface area contributed by atoms with Crippen molar-refractivity contribution in [2.75, 3.05) is 0 Å². The third-order valence-corrected chi connectivity index (χ3v) is 8.73. The van der Waals surface area contributed by atoms with Gasteiger partial charge in [-0.05, 0) is 104 Å². The third-order valence-electron chi connectivity index (χ3n) is 8.73. The fraction of sp³-hybridized carbons (Fsp3) is 0.913. The van der Waals surface area contributed by atoms with Crippen LogP contribution in [0.5, 0.6) is 0 Å². The van der Waals surface area contributed by atoms with Crippen molar-refractivity contribution >= 4 is 5.97 Å². The van der Waals surface area contributed by atoms with Gasteiger partial charge in [-0.1, -0.05) is 6.92 Å². The van der Waals surface area contributed by atoms with Crippen molar-refractivity contribution in [1.82, 2.24) is 0 Å². The average molecular weight is 360 g/mol. The summed E-state index contributed by atoms with van der Waals surface area (Å²) in [6, 6.07) is 2.63. The second-order valence-corrected chi connectivity index (χ2v) is 11.4. The molecule has 2 atom stereocenters. The van der Waals surface area contributed by atoms with Crippen LogP contribution in [0.2, 0.25) is 0 Å². The van der Waals surface area contributed by atoms with Gasteiger partial charge < -0.3 is 4.74 Å². The molecule has 4 bridgehead atoms. The number of nitriles is 1. The predicted molar refractivity (Wildman–Crippen MR) is 103 cm³/mol. The Hall–Kier alpha value is -1.04. The number of carbonyl (C=O) groups is 1. The minimum Gasteiger partial charge on any atom is -0.459 e. The fourth-order valence-corrected chi connectivity index (χ4v) is 6.44. The van der Waals surface area contributed by atoms with E-state index in [-0.39, 0.29) is 22.2 Å². The van der Waals surface area contributed by atoms with Gasteiger partial charge in [0.2, 0.25) is 0 Å². The summed E-state index contributed by atoms with van der Waals surface area (Å²) in [6.45, 7) is 14.5. The van der Waals surface area contributed by atoms with Gasteiger partial charge in [0.15, 0.2) is 0 Å². The molecule has 0 aromatic rings. The quantitative estimate of drug-likeness (QED) is 0.576. The highest BCUT2D eigenvalue weighted by atomic mass is 16.6. The van der Waals surface area contributed by atoms with Gasteiger partial charge in [0, 0.05) is 5.41 Å². The van der Waals surface area contributed by atoms with Crippen LogP contribution in [-0.2, 0) is 9.53 Å². The van der Waals surface area contributed by atoms with Crippen LogP contribution in [0.25, 0.3) is 0 Å². The lowest BCUT2D eigenvalue weighted by Crippen LogP contribution is -2.63. The van der Waals surface area contributed by atoms with Gasteiger partial charge in [0.1, 0.15) is 5.60 Å². The maximum Gasteiger partial charge on any atom is 0.312 e. The summed E-state index contributed by atoms with van der Waals surface area (Å²) in [7, 11) is 0. The Morgan fingerprint density at radius 2 is 1.54 bits per heavy atom. The zero-order chi connectivity index (χ0) is 19.6. The minimum atomic E-state index is -0.481. The topological polar surface area (TPSA) is 50.1 Å². The summed E-state index contributed by atoms with van der Waals surface area (Å²) in [6.07, 6.45) is 7.77. The zero-order valence-corrected chi connectivity index (χ0v) is 17.9. The molecule has 26 heavy (non-hydrogen) atoms. The van der Waals surface area contributed by atoms with E-state index in [0.717, 1.165) is 25.7 Å². The van der Waals surface area contributed by atoms with Crippen molar-refractivity contribution in [3.05, 3.63) is 0 Å². The molecule has 0 aromatic carbocycles. The van der Waals surface area contributed by atoms with E-state index in [4.69, 9.17) is 4.74 Å². The van der Waals surface area contributed by atoms with Crippen LogP contribution in [0.1, 0.15) is 93.4 Å². The van der Waals surface area contributed by atoms with Crippen molar-refractivity contribution in [3.63, 3.8) is 0 Å². The molecule has 0 aromatic heterocycles. The summed E-state index contributed by atoms with van der Waals surface area (Å²) in [5, 5.41) is 9.89. The molecular weight excluding hydrogens is 322 g/mol. The standard InChI is InChI=1S/C23H37NO2/c1-8-19(2,3)18(25)26-21(6,7)23-12-16-9-17(13-23)11-22(10-16,14-23)20(4,5)15-24/h16-17H,8-14H2,1-7H3. The average Bonchev–Trinajstić information content (AvgIpc) is 2.52. The van der Waals surface area contributed by atoms with Crippen LogP contribution in [-0.4, -0.2) is 11.6 Å². The summed E-state index contributed by atoms with van der Waals surface area (Å²) in [5.41, 5.74) is -1.15. The molecule has 4 rings (SSSR count). The molecule has 0 radical (unpaired) electrons. The first-order chi connectivity index (χ1) is 11.8. The third kappa shape index (κ3) is 2.71. The number of hydrogen-bond acceptors (Lipinski definition) is 3. The molecule has 146 valence electrons. The lowest BCUT2D eigenvalue weighted by molar-refractivity contribution is -0.231. The Bertz CT molecular complexity index is 623. The molecule has 0 spiro atoms. The molecule has 4 fully saturated rings. The Kier molecular flexibility index (Phi) is 4.34. The van der Waals surface area contributed by atoms with Crippen molar-refractivity contribution in [1.29, 1.82) is 5.26 Å². The van der Waals surface area contributed by atoms with Gasteiger partial charge in [-0.15, -0.1) is 0 Å². The molecule has 0 saturated heterocycles. The Labute approximate surface area is 159 Å². The van der Waals surface area contributed by atoms with Crippen molar-refractivity contribution < 1.29 is 9.53 Å². The molecule has 0 amide bonds. The Balaban J connectivity index is 1.94. The first-order valence-electron chi connectivity index (χ1n) is 10.5. The van der Waals surface area contributed by atoms with Gasteiger partial charge >= 0.3 is 5.97 Å². The molecule has 0 heterocycles. The lowest BCUT2D eigenvalue weighted by atomic mass is 9.37. The largest absolute Gasteiger partial charge is 0.459 e. The van der Waals surface area contributed by atoms with E-state index in [0.29, 0.717) is 11.8 Å². The van der Waals surface area contributed by atoms with Crippen LogP contribution in [0.3, 0.4) is 0 Å². The number of nitrogens with zero attached hydrogens (tertiary/aromatic N) is 1. The monoisotopic (exact) mass is 359 g/mol. The van der Waals surface area contributed by atoms with Gasteiger partial charge in [0.25, 0.3) is 0 Å². The van der Waals surface area contributed by atoms with E-state index in [1.165, 1.54) is 19.3 Å². The number of hydrogen-bond donors (Lipinski definition) is 0. The van der Waals surface area contributed by atoms with E-state index in [1.54, 1.807) is 0 Å². The predicted octanol–water partition coefficient (Wildman–Crippen LogP) is 5.88. The summed E-state index contributed by atoms with van der Waals surface area (Å²) in [5.74, 6) is 1.29. The second-order valence-electron chi connectivity index (χ2n) is 11.4. The fourth-order valence-electron chi connectivity index (χ4n) is 6.44. The lowest BCUT2D eigenvalue weighted by Gasteiger charge is -2.68. The van der Waals surface area contributed by atoms with Crippen molar-refractivity contribution in [2.45, 2.75) is 99.0 Å². The number of ether oxygens (including phenoxy) is 1. The van der Waals surface area contributed by atoms with Crippen LogP contribution < -0.4 is 0 Å². The molecule has 4 aliphatic rings. The van der Waals surface area contributed by atoms with Gasteiger partial charge in [-0.3, -0.25) is 4.79 Å².